The Kier molecular flexibility index (Phi) is 9.06. The van der Waals surface area contributed by atoms with Gasteiger partial charge in [0, 0.05) is 42.7 Å². The number of nitrogens with zero attached hydrogens (tertiary/aromatic N) is 2. The minimum atomic E-state index is -0.0908. The Morgan fingerprint density at radius 1 is 1.32 bits per heavy atom. The van der Waals surface area contributed by atoms with Gasteiger partial charge in [0.05, 0.1) is 23.9 Å². The van der Waals surface area contributed by atoms with Gasteiger partial charge in [0.15, 0.2) is 0 Å². The molecule has 2 heterocycles. The average Bonchev–Trinajstić information content (AvgIpc) is 3.19. The molecule has 1 atom stereocenters. The van der Waals surface area contributed by atoms with Crippen molar-refractivity contribution in [3.05, 3.63) is 52.0 Å². The summed E-state index contributed by atoms with van der Waals surface area (Å²) in [5.41, 5.74) is 1.79. The van der Waals surface area contributed by atoms with E-state index < -0.39 is 0 Å². The Morgan fingerprint density at radius 2 is 2.10 bits per heavy atom. The number of ether oxygens (including phenoxy) is 2. The van der Waals surface area contributed by atoms with E-state index in [1.54, 1.807) is 17.4 Å². The van der Waals surface area contributed by atoms with Gasteiger partial charge < -0.3 is 14.8 Å². The SMILES string of the molecule is Cc1nc(COc2ccccc2/C=C/C(=O)NCC(CC(C)C)N2CCOCC2)cs1. The molecule has 1 N–H and O–H groups in total. The predicted octanol–water partition coefficient (Wildman–Crippen LogP) is 3.91. The summed E-state index contributed by atoms with van der Waals surface area (Å²) >= 11 is 1.61. The number of amides is 1. The first-order valence-electron chi connectivity index (χ1n) is 10.9. The van der Waals surface area contributed by atoms with Crippen molar-refractivity contribution in [3.8, 4) is 5.75 Å². The van der Waals surface area contributed by atoms with Gasteiger partial charge in [-0.05, 0) is 31.4 Å². The van der Waals surface area contributed by atoms with Crippen molar-refractivity contribution in [1.82, 2.24) is 15.2 Å². The molecule has 0 saturated carbocycles. The fraction of sp³-hybridized carbons (Fsp3) is 0.500. The summed E-state index contributed by atoms with van der Waals surface area (Å²) in [7, 11) is 0. The minimum absolute atomic E-state index is 0.0908. The Hall–Kier alpha value is -2.22. The van der Waals surface area contributed by atoms with Gasteiger partial charge in [-0.1, -0.05) is 32.0 Å². The standard InChI is InChI=1S/C24H33N3O3S/c1-18(2)14-22(27-10-12-29-13-11-27)15-25-24(28)9-8-20-6-4-5-7-23(20)30-16-21-17-31-19(3)26-21/h4-9,17-18,22H,10-16H2,1-3H3,(H,25,28)/b9-8+. The van der Waals surface area contributed by atoms with Crippen LogP contribution in [0.4, 0.5) is 0 Å². The number of rotatable bonds is 10. The molecule has 0 radical (unpaired) electrons. The molecule has 6 nitrogen and oxygen atoms in total. The molecule has 0 bridgehead atoms. The van der Waals surface area contributed by atoms with Crippen LogP contribution in [0.2, 0.25) is 0 Å². The van der Waals surface area contributed by atoms with Crippen molar-refractivity contribution in [2.24, 2.45) is 5.92 Å². The van der Waals surface area contributed by atoms with E-state index in [-0.39, 0.29) is 5.91 Å². The summed E-state index contributed by atoms with van der Waals surface area (Å²) in [5, 5.41) is 6.11. The molecule has 168 valence electrons. The fourth-order valence-corrected chi connectivity index (χ4v) is 4.26. The van der Waals surface area contributed by atoms with Crippen LogP contribution < -0.4 is 10.1 Å². The molecule has 1 aromatic carbocycles. The second-order valence-electron chi connectivity index (χ2n) is 8.19. The Morgan fingerprint density at radius 3 is 2.81 bits per heavy atom. The molecule has 1 amide bonds. The highest BCUT2D eigenvalue weighted by molar-refractivity contribution is 7.09. The van der Waals surface area contributed by atoms with Gasteiger partial charge in [-0.2, -0.15) is 0 Å². The lowest BCUT2D eigenvalue weighted by Crippen LogP contribution is -2.49. The van der Waals surface area contributed by atoms with E-state index >= 15 is 0 Å². The fourth-order valence-electron chi connectivity index (χ4n) is 3.67. The van der Waals surface area contributed by atoms with Gasteiger partial charge in [0.25, 0.3) is 0 Å². The zero-order chi connectivity index (χ0) is 22.1. The van der Waals surface area contributed by atoms with Crippen LogP contribution in [0.5, 0.6) is 5.75 Å². The number of morpholine rings is 1. The number of nitrogens with one attached hydrogen (secondary N) is 1. The molecule has 1 aliphatic rings. The summed E-state index contributed by atoms with van der Waals surface area (Å²) in [6.45, 7) is 10.9. The first kappa shape index (κ1) is 23.4. The van der Waals surface area contributed by atoms with E-state index in [0.29, 0.717) is 25.1 Å². The zero-order valence-electron chi connectivity index (χ0n) is 18.7. The Labute approximate surface area is 189 Å². The van der Waals surface area contributed by atoms with Crippen molar-refractivity contribution >= 4 is 23.3 Å². The minimum Gasteiger partial charge on any atom is -0.487 e. The summed E-state index contributed by atoms with van der Waals surface area (Å²) in [6, 6.07) is 8.06. The topological polar surface area (TPSA) is 63.7 Å². The number of thiazole rings is 1. The molecule has 0 spiro atoms. The molecule has 2 aromatic rings. The van der Waals surface area contributed by atoms with E-state index in [4.69, 9.17) is 9.47 Å². The average molecular weight is 444 g/mol. The highest BCUT2D eigenvalue weighted by Gasteiger charge is 2.22. The number of carbonyl (C=O) groups is 1. The molecular weight excluding hydrogens is 410 g/mol. The van der Waals surface area contributed by atoms with Gasteiger partial charge in [-0.3, -0.25) is 9.69 Å². The monoisotopic (exact) mass is 443 g/mol. The number of hydrogen-bond acceptors (Lipinski definition) is 6. The molecule has 3 rings (SSSR count). The smallest absolute Gasteiger partial charge is 0.244 e. The predicted molar refractivity (Wildman–Crippen MR) is 125 cm³/mol. The van der Waals surface area contributed by atoms with Crippen LogP contribution in [-0.2, 0) is 16.1 Å². The molecule has 1 unspecified atom stereocenters. The van der Waals surface area contributed by atoms with Crippen molar-refractivity contribution in [2.45, 2.75) is 39.8 Å². The number of para-hydroxylation sites is 1. The van der Waals surface area contributed by atoms with E-state index in [9.17, 15) is 4.79 Å². The molecular formula is C24H33N3O3S. The lowest BCUT2D eigenvalue weighted by molar-refractivity contribution is -0.116. The first-order valence-corrected chi connectivity index (χ1v) is 11.8. The maximum atomic E-state index is 12.5. The quantitative estimate of drug-likeness (QED) is 0.564. The lowest BCUT2D eigenvalue weighted by Gasteiger charge is -2.35. The molecule has 1 saturated heterocycles. The Bertz CT molecular complexity index is 859. The van der Waals surface area contributed by atoms with E-state index in [0.717, 1.165) is 54.7 Å². The lowest BCUT2D eigenvalue weighted by atomic mass is 10.0. The normalized spacial score (nSPS) is 16.0. The van der Waals surface area contributed by atoms with E-state index in [2.05, 4.69) is 29.0 Å². The van der Waals surface area contributed by atoms with Crippen LogP contribution in [0, 0.1) is 12.8 Å². The van der Waals surface area contributed by atoms with Gasteiger partial charge in [-0.25, -0.2) is 4.98 Å². The van der Waals surface area contributed by atoms with Crippen molar-refractivity contribution in [3.63, 3.8) is 0 Å². The first-order chi connectivity index (χ1) is 15.0. The third-order valence-electron chi connectivity index (χ3n) is 5.19. The molecule has 1 aromatic heterocycles. The molecule has 1 aliphatic heterocycles. The highest BCUT2D eigenvalue weighted by atomic mass is 32.1. The summed E-state index contributed by atoms with van der Waals surface area (Å²) < 4.78 is 11.4. The van der Waals surface area contributed by atoms with Gasteiger partial charge in [0.2, 0.25) is 5.91 Å². The van der Waals surface area contributed by atoms with E-state index in [1.165, 1.54) is 0 Å². The molecule has 0 aliphatic carbocycles. The van der Waals surface area contributed by atoms with Crippen LogP contribution in [-0.4, -0.2) is 54.7 Å². The van der Waals surface area contributed by atoms with Crippen LogP contribution in [0.1, 0.15) is 36.5 Å². The van der Waals surface area contributed by atoms with Crippen LogP contribution in [0.25, 0.3) is 6.08 Å². The van der Waals surface area contributed by atoms with Gasteiger partial charge in [0.1, 0.15) is 12.4 Å². The van der Waals surface area contributed by atoms with Crippen LogP contribution in [0.15, 0.2) is 35.7 Å². The summed E-state index contributed by atoms with van der Waals surface area (Å²) in [4.78, 5) is 19.3. The molecule has 7 heteroatoms. The highest BCUT2D eigenvalue weighted by Crippen LogP contribution is 2.21. The van der Waals surface area contributed by atoms with Gasteiger partial charge >= 0.3 is 0 Å². The van der Waals surface area contributed by atoms with Crippen LogP contribution >= 0.6 is 11.3 Å². The molecule has 1 fully saturated rings. The maximum absolute atomic E-state index is 12.5. The summed E-state index contributed by atoms with van der Waals surface area (Å²) in [5.74, 6) is 1.22. The number of carbonyl (C=O) groups excluding carboxylic acids is 1. The largest absolute Gasteiger partial charge is 0.487 e. The maximum Gasteiger partial charge on any atom is 0.244 e. The van der Waals surface area contributed by atoms with Crippen LogP contribution in [0.3, 0.4) is 0 Å². The number of benzene rings is 1. The third kappa shape index (κ3) is 7.76. The number of hydrogen-bond donors (Lipinski definition) is 1. The van der Waals surface area contributed by atoms with Crippen molar-refractivity contribution < 1.29 is 14.3 Å². The second kappa shape index (κ2) is 12.0. The van der Waals surface area contributed by atoms with Gasteiger partial charge in [-0.15, -0.1) is 11.3 Å². The van der Waals surface area contributed by atoms with E-state index in [1.807, 2.05) is 42.6 Å². The second-order valence-corrected chi connectivity index (χ2v) is 9.26. The molecule has 31 heavy (non-hydrogen) atoms. The number of aryl methyl sites for hydroxylation is 1. The number of aromatic nitrogens is 1. The van der Waals surface area contributed by atoms with Crippen molar-refractivity contribution in [1.29, 1.82) is 0 Å². The third-order valence-corrected chi connectivity index (χ3v) is 6.02. The summed E-state index contributed by atoms with van der Waals surface area (Å²) in [6.07, 6.45) is 4.45. The zero-order valence-corrected chi connectivity index (χ0v) is 19.5. The van der Waals surface area contributed by atoms with Crippen molar-refractivity contribution in [2.75, 3.05) is 32.8 Å². The Balaban J connectivity index is 1.55.